The quantitative estimate of drug-likeness (QED) is 0.157. The highest BCUT2D eigenvalue weighted by atomic mass is 16.5. The zero-order valence-electron chi connectivity index (χ0n) is 16.0. The highest BCUT2D eigenvalue weighted by molar-refractivity contribution is 6.25. The number of ketones is 1. The summed E-state index contributed by atoms with van der Waals surface area (Å²) in [6.07, 6.45) is 3.28. The summed E-state index contributed by atoms with van der Waals surface area (Å²) in [6.45, 7) is 2.65. The second-order valence-corrected chi connectivity index (χ2v) is 5.89. The van der Waals surface area contributed by atoms with E-state index in [2.05, 4.69) is 20.4 Å². The van der Waals surface area contributed by atoms with Crippen molar-refractivity contribution in [3.8, 4) is 0 Å². The van der Waals surface area contributed by atoms with Gasteiger partial charge in [0.05, 0.1) is 0 Å². The Morgan fingerprint density at radius 1 is 1.32 bits per heavy atom. The molecular formula is C18H25N5O5. The summed E-state index contributed by atoms with van der Waals surface area (Å²) >= 11 is 0. The third-order valence-corrected chi connectivity index (χ3v) is 3.81. The van der Waals surface area contributed by atoms with E-state index < -0.39 is 29.8 Å². The number of Topliss-reactive ketones (excluding diaryl/α,β-unsaturated/α-hetero) is 1. The fourth-order valence-electron chi connectivity index (χ4n) is 2.12. The molecule has 28 heavy (non-hydrogen) atoms. The van der Waals surface area contributed by atoms with Gasteiger partial charge in [0.25, 0.3) is 0 Å². The Morgan fingerprint density at radius 3 is 2.68 bits per heavy atom. The maximum atomic E-state index is 12.3. The minimum absolute atomic E-state index is 0.0102. The minimum atomic E-state index is -1.01. The van der Waals surface area contributed by atoms with Crippen molar-refractivity contribution in [1.29, 1.82) is 0 Å². The van der Waals surface area contributed by atoms with Crippen molar-refractivity contribution in [3.63, 3.8) is 0 Å². The maximum Gasteiger partial charge on any atom is 0.328 e. The minimum Gasteiger partial charge on any atom is -0.463 e. The summed E-state index contributed by atoms with van der Waals surface area (Å²) in [6, 6.07) is 2.73. The SMILES string of the molecule is CO[C@@H](C)C(=O)N[C@@H](CCC(=O)C=[N+]=[N-])C(=O)OCCNCc1ccncc1. The largest absolute Gasteiger partial charge is 0.463 e. The van der Waals surface area contributed by atoms with Crippen molar-refractivity contribution in [2.75, 3.05) is 20.3 Å². The molecule has 1 heterocycles. The topological polar surface area (TPSA) is 143 Å². The number of carbonyl (C=O) groups excluding carboxylic acids is 3. The molecule has 0 saturated heterocycles. The van der Waals surface area contributed by atoms with Gasteiger partial charge in [-0.05, 0) is 31.0 Å². The van der Waals surface area contributed by atoms with Gasteiger partial charge in [-0.25, -0.2) is 4.79 Å². The summed E-state index contributed by atoms with van der Waals surface area (Å²) < 4.78 is 10.1. The molecule has 0 spiro atoms. The van der Waals surface area contributed by atoms with Crippen molar-refractivity contribution in [3.05, 3.63) is 35.6 Å². The van der Waals surface area contributed by atoms with Crippen molar-refractivity contribution in [1.82, 2.24) is 15.6 Å². The average molecular weight is 391 g/mol. The molecule has 2 atom stereocenters. The number of amides is 1. The summed E-state index contributed by atoms with van der Waals surface area (Å²) in [4.78, 5) is 42.3. The summed E-state index contributed by atoms with van der Waals surface area (Å²) in [5.41, 5.74) is 9.42. The molecule has 1 rings (SSSR count). The van der Waals surface area contributed by atoms with Crippen LogP contribution in [-0.4, -0.2) is 66.1 Å². The van der Waals surface area contributed by atoms with Crippen LogP contribution < -0.4 is 10.6 Å². The highest BCUT2D eigenvalue weighted by Gasteiger charge is 2.25. The van der Waals surface area contributed by atoms with Gasteiger partial charge in [-0.2, -0.15) is 4.79 Å². The fraction of sp³-hybridized carbons (Fsp3) is 0.500. The second kappa shape index (κ2) is 13.3. The molecule has 0 bridgehead atoms. The molecular weight excluding hydrogens is 366 g/mol. The molecule has 0 fully saturated rings. The first-order valence-corrected chi connectivity index (χ1v) is 8.77. The number of nitrogens with zero attached hydrogens (tertiary/aromatic N) is 3. The molecule has 10 heteroatoms. The van der Waals surface area contributed by atoms with E-state index in [-0.39, 0.29) is 19.4 Å². The van der Waals surface area contributed by atoms with Gasteiger partial charge in [-0.3, -0.25) is 14.6 Å². The number of ether oxygens (including phenoxy) is 2. The Morgan fingerprint density at radius 2 is 2.04 bits per heavy atom. The molecule has 0 radical (unpaired) electrons. The van der Waals surface area contributed by atoms with E-state index in [9.17, 15) is 14.4 Å². The number of pyridine rings is 1. The molecule has 0 aliphatic rings. The van der Waals surface area contributed by atoms with Gasteiger partial charge < -0.3 is 25.6 Å². The zero-order chi connectivity index (χ0) is 20.8. The van der Waals surface area contributed by atoms with Crippen LogP contribution in [0, 0.1) is 0 Å². The predicted molar refractivity (Wildman–Crippen MR) is 99.2 cm³/mol. The number of esters is 1. The number of aromatic nitrogens is 1. The van der Waals surface area contributed by atoms with Crippen molar-refractivity contribution in [2.45, 2.75) is 38.5 Å². The first kappa shape index (κ1) is 23.1. The third kappa shape index (κ3) is 9.13. The first-order chi connectivity index (χ1) is 13.5. The molecule has 0 aromatic carbocycles. The molecule has 0 saturated carbocycles. The molecule has 1 aromatic rings. The highest BCUT2D eigenvalue weighted by Crippen LogP contribution is 2.03. The smallest absolute Gasteiger partial charge is 0.328 e. The molecule has 10 nitrogen and oxygen atoms in total. The molecule has 0 unspecified atom stereocenters. The Hall–Kier alpha value is -2.94. The average Bonchev–Trinajstić information content (AvgIpc) is 2.70. The monoisotopic (exact) mass is 391 g/mol. The summed E-state index contributed by atoms with van der Waals surface area (Å²) in [5.74, 6) is -1.63. The van der Waals surface area contributed by atoms with E-state index in [1.165, 1.54) is 14.0 Å². The Labute approximate surface area is 163 Å². The zero-order valence-corrected chi connectivity index (χ0v) is 16.0. The van der Waals surface area contributed by atoms with Crippen LogP contribution in [0.15, 0.2) is 24.5 Å². The van der Waals surface area contributed by atoms with Crippen molar-refractivity contribution < 1.29 is 28.6 Å². The fourth-order valence-corrected chi connectivity index (χ4v) is 2.12. The third-order valence-electron chi connectivity index (χ3n) is 3.81. The maximum absolute atomic E-state index is 12.3. The number of nitrogens with one attached hydrogen (secondary N) is 2. The normalized spacial score (nSPS) is 12.4. The Kier molecular flexibility index (Phi) is 10.9. The van der Waals surface area contributed by atoms with Crippen LogP contribution in [0.5, 0.6) is 0 Å². The molecule has 0 aliphatic heterocycles. The summed E-state index contributed by atoms with van der Waals surface area (Å²) in [7, 11) is 1.37. The number of hydrogen-bond donors (Lipinski definition) is 2. The van der Waals surface area contributed by atoms with E-state index >= 15 is 0 Å². The lowest BCUT2D eigenvalue weighted by Crippen LogP contribution is -2.46. The van der Waals surface area contributed by atoms with Crippen LogP contribution in [0.1, 0.15) is 25.3 Å². The molecule has 1 aromatic heterocycles. The van der Waals surface area contributed by atoms with Gasteiger partial charge in [0, 0.05) is 39.0 Å². The Balaban J connectivity index is 2.48. The lowest BCUT2D eigenvalue weighted by Gasteiger charge is -2.19. The first-order valence-electron chi connectivity index (χ1n) is 8.77. The van der Waals surface area contributed by atoms with E-state index in [0.29, 0.717) is 13.1 Å². The van der Waals surface area contributed by atoms with Crippen LogP contribution in [0.25, 0.3) is 5.53 Å². The lowest BCUT2D eigenvalue weighted by atomic mass is 10.1. The number of carbonyl (C=O) groups is 3. The van der Waals surface area contributed by atoms with E-state index in [4.69, 9.17) is 15.0 Å². The van der Waals surface area contributed by atoms with Crippen LogP contribution in [0.4, 0.5) is 0 Å². The number of hydrogen-bond acceptors (Lipinski definition) is 7. The standard InChI is InChI=1S/C18H25N5O5/c1-13(27-2)17(25)23-16(4-3-15(24)12-22-19)18(26)28-10-9-21-11-14-5-7-20-8-6-14/h5-8,12-13,16,21H,3-4,9-11H2,1-2H3,(H,23,25)/t13-,16-/m0/s1. The molecule has 2 N–H and O–H groups in total. The van der Waals surface area contributed by atoms with Gasteiger partial charge in [-0.15, -0.1) is 0 Å². The summed E-state index contributed by atoms with van der Waals surface area (Å²) in [5, 5.41) is 5.63. The van der Waals surface area contributed by atoms with Crippen LogP contribution in [-0.2, 0) is 30.4 Å². The molecule has 1 amide bonds. The number of methoxy groups -OCH3 is 1. The van der Waals surface area contributed by atoms with Crippen LogP contribution in [0.3, 0.4) is 0 Å². The Bertz CT molecular complexity index is 691. The lowest BCUT2D eigenvalue weighted by molar-refractivity contribution is -0.149. The van der Waals surface area contributed by atoms with E-state index in [0.717, 1.165) is 11.8 Å². The van der Waals surface area contributed by atoms with E-state index in [1.54, 1.807) is 12.4 Å². The van der Waals surface area contributed by atoms with E-state index in [1.807, 2.05) is 12.1 Å². The van der Waals surface area contributed by atoms with Gasteiger partial charge in [0.2, 0.25) is 11.7 Å². The van der Waals surface area contributed by atoms with Gasteiger partial charge >= 0.3 is 12.2 Å². The van der Waals surface area contributed by atoms with Gasteiger partial charge in [-0.1, -0.05) is 0 Å². The van der Waals surface area contributed by atoms with Crippen molar-refractivity contribution in [2.24, 2.45) is 0 Å². The number of rotatable bonds is 13. The van der Waals surface area contributed by atoms with Gasteiger partial charge in [0.15, 0.2) is 0 Å². The molecule has 152 valence electrons. The van der Waals surface area contributed by atoms with Gasteiger partial charge in [0.1, 0.15) is 18.8 Å². The van der Waals surface area contributed by atoms with Crippen LogP contribution in [0.2, 0.25) is 0 Å². The predicted octanol–water partition coefficient (Wildman–Crippen LogP) is -0.116. The second-order valence-electron chi connectivity index (χ2n) is 5.89. The van der Waals surface area contributed by atoms with Crippen LogP contribution >= 0.6 is 0 Å². The van der Waals surface area contributed by atoms with Crippen molar-refractivity contribution >= 4 is 23.9 Å². The molecule has 0 aliphatic carbocycles.